The van der Waals surface area contributed by atoms with Crippen LogP contribution in [0, 0.1) is 5.92 Å². The van der Waals surface area contributed by atoms with Crippen molar-refractivity contribution < 1.29 is 19.8 Å². The zero-order valence-corrected chi connectivity index (χ0v) is 15.0. The predicted molar refractivity (Wildman–Crippen MR) is 99.2 cm³/mol. The van der Waals surface area contributed by atoms with Gasteiger partial charge in [-0.1, -0.05) is 36.4 Å². The van der Waals surface area contributed by atoms with Crippen molar-refractivity contribution in [1.82, 2.24) is 10.2 Å². The van der Waals surface area contributed by atoms with Crippen LogP contribution in [0.2, 0.25) is 0 Å². The summed E-state index contributed by atoms with van der Waals surface area (Å²) in [5.41, 5.74) is 0.729. The van der Waals surface area contributed by atoms with Crippen LogP contribution in [-0.4, -0.2) is 52.7 Å². The number of hydrogen-bond acceptors (Lipinski definition) is 4. The third-order valence-electron chi connectivity index (χ3n) is 4.81. The second-order valence-electron chi connectivity index (χ2n) is 6.66. The smallest absolute Gasteiger partial charge is 0.224 e. The normalized spacial score (nSPS) is 19.0. The molecule has 1 heterocycles. The Morgan fingerprint density at radius 1 is 1.35 bits per heavy atom. The first-order chi connectivity index (χ1) is 12.6. The molecule has 3 atom stereocenters. The second kappa shape index (κ2) is 10.1. The van der Waals surface area contributed by atoms with E-state index in [-0.39, 0.29) is 37.4 Å². The van der Waals surface area contributed by atoms with Gasteiger partial charge in [0.2, 0.25) is 11.8 Å². The van der Waals surface area contributed by atoms with Gasteiger partial charge in [0.1, 0.15) is 0 Å². The highest BCUT2D eigenvalue weighted by atomic mass is 16.3. The maximum absolute atomic E-state index is 12.5. The summed E-state index contributed by atoms with van der Waals surface area (Å²) in [6.07, 6.45) is 2.96. The van der Waals surface area contributed by atoms with Crippen molar-refractivity contribution in [1.29, 1.82) is 0 Å². The molecule has 3 N–H and O–H groups in total. The molecule has 6 heteroatoms. The van der Waals surface area contributed by atoms with E-state index in [1.807, 2.05) is 18.2 Å². The van der Waals surface area contributed by atoms with Crippen LogP contribution < -0.4 is 5.32 Å². The molecule has 142 valence electrons. The van der Waals surface area contributed by atoms with Gasteiger partial charge in [-0.05, 0) is 24.8 Å². The quantitative estimate of drug-likeness (QED) is 0.581. The third kappa shape index (κ3) is 5.41. The molecule has 2 rings (SSSR count). The molecule has 0 aromatic heterocycles. The van der Waals surface area contributed by atoms with E-state index in [0.717, 1.165) is 18.4 Å². The number of carbonyl (C=O) groups is 2. The number of rotatable bonds is 9. The molecule has 1 aliphatic heterocycles. The number of benzene rings is 1. The van der Waals surface area contributed by atoms with E-state index >= 15 is 0 Å². The standard InChI is InChI=1S/C20H28N2O4/c1-2-7-16(12-19(25)22-11-6-10-17(22)14-23)20(26)21-13-18(24)15-8-4-3-5-9-15/h2-5,8-9,16-18,23-24H,1,6-7,10-14H2,(H,21,26). The SMILES string of the molecule is C=CCC(CC(=O)N1CCCC1CO)C(=O)NCC(O)c1ccccc1. The lowest BCUT2D eigenvalue weighted by Crippen LogP contribution is -2.41. The molecular formula is C20H28N2O4. The van der Waals surface area contributed by atoms with Crippen LogP contribution in [0.5, 0.6) is 0 Å². The fourth-order valence-electron chi connectivity index (χ4n) is 3.30. The number of carbonyl (C=O) groups excluding carboxylic acids is 2. The van der Waals surface area contributed by atoms with Crippen LogP contribution in [-0.2, 0) is 9.59 Å². The number of aliphatic hydroxyl groups excluding tert-OH is 2. The minimum atomic E-state index is -0.794. The summed E-state index contributed by atoms with van der Waals surface area (Å²) in [7, 11) is 0. The van der Waals surface area contributed by atoms with Crippen molar-refractivity contribution in [3.8, 4) is 0 Å². The highest BCUT2D eigenvalue weighted by Gasteiger charge is 2.31. The number of amides is 2. The Bertz CT molecular complexity index is 605. The van der Waals surface area contributed by atoms with Gasteiger partial charge in [0, 0.05) is 19.5 Å². The summed E-state index contributed by atoms with van der Waals surface area (Å²) in [6.45, 7) is 4.33. The molecule has 1 aliphatic rings. The highest BCUT2D eigenvalue weighted by molar-refractivity contribution is 5.86. The predicted octanol–water partition coefficient (Wildman–Crippen LogP) is 1.40. The monoisotopic (exact) mass is 360 g/mol. The minimum absolute atomic E-state index is 0.0483. The number of aliphatic hydroxyl groups is 2. The molecule has 0 radical (unpaired) electrons. The summed E-state index contributed by atoms with van der Waals surface area (Å²) in [4.78, 5) is 26.7. The fourth-order valence-corrected chi connectivity index (χ4v) is 3.30. The Morgan fingerprint density at radius 3 is 2.73 bits per heavy atom. The van der Waals surface area contributed by atoms with Gasteiger partial charge in [-0.15, -0.1) is 6.58 Å². The fraction of sp³-hybridized carbons (Fsp3) is 0.500. The van der Waals surface area contributed by atoms with E-state index in [4.69, 9.17) is 0 Å². The lowest BCUT2D eigenvalue weighted by atomic mass is 9.99. The first-order valence-electron chi connectivity index (χ1n) is 9.08. The van der Waals surface area contributed by atoms with Gasteiger partial charge in [-0.2, -0.15) is 0 Å². The molecule has 0 aliphatic carbocycles. The average Bonchev–Trinajstić information content (AvgIpc) is 3.15. The molecule has 3 unspecified atom stereocenters. The molecule has 0 saturated carbocycles. The second-order valence-corrected chi connectivity index (χ2v) is 6.66. The highest BCUT2D eigenvalue weighted by Crippen LogP contribution is 2.21. The van der Waals surface area contributed by atoms with Crippen LogP contribution in [0.4, 0.5) is 0 Å². The van der Waals surface area contributed by atoms with Gasteiger partial charge >= 0.3 is 0 Å². The average molecular weight is 360 g/mol. The zero-order chi connectivity index (χ0) is 18.9. The number of nitrogens with zero attached hydrogens (tertiary/aromatic N) is 1. The Hall–Kier alpha value is -2.18. The van der Waals surface area contributed by atoms with Gasteiger partial charge in [0.25, 0.3) is 0 Å². The first kappa shape index (κ1) is 20.1. The van der Waals surface area contributed by atoms with Crippen molar-refractivity contribution in [3.63, 3.8) is 0 Å². The van der Waals surface area contributed by atoms with Crippen LogP contribution in [0.1, 0.15) is 37.4 Å². The molecule has 0 spiro atoms. The molecule has 26 heavy (non-hydrogen) atoms. The number of hydrogen-bond donors (Lipinski definition) is 3. The maximum Gasteiger partial charge on any atom is 0.224 e. The first-order valence-corrected chi connectivity index (χ1v) is 9.08. The van der Waals surface area contributed by atoms with Gasteiger partial charge in [-0.3, -0.25) is 9.59 Å². The van der Waals surface area contributed by atoms with E-state index in [1.165, 1.54) is 0 Å². The van der Waals surface area contributed by atoms with Crippen LogP contribution in [0.15, 0.2) is 43.0 Å². The Balaban J connectivity index is 1.90. The summed E-state index contributed by atoms with van der Waals surface area (Å²) in [6, 6.07) is 8.96. The number of allylic oxidation sites excluding steroid dienone is 1. The summed E-state index contributed by atoms with van der Waals surface area (Å²) in [5.74, 6) is -0.914. The van der Waals surface area contributed by atoms with Crippen molar-refractivity contribution in [3.05, 3.63) is 48.6 Å². The van der Waals surface area contributed by atoms with E-state index < -0.39 is 12.0 Å². The van der Waals surface area contributed by atoms with E-state index in [1.54, 1.807) is 23.1 Å². The van der Waals surface area contributed by atoms with Crippen molar-refractivity contribution >= 4 is 11.8 Å². The van der Waals surface area contributed by atoms with E-state index in [9.17, 15) is 19.8 Å². The molecule has 1 aromatic carbocycles. The molecule has 1 aromatic rings. The molecular weight excluding hydrogens is 332 g/mol. The molecule has 6 nitrogen and oxygen atoms in total. The summed E-state index contributed by atoms with van der Waals surface area (Å²) >= 11 is 0. The minimum Gasteiger partial charge on any atom is -0.394 e. The van der Waals surface area contributed by atoms with Crippen molar-refractivity contribution in [2.75, 3.05) is 19.7 Å². The topological polar surface area (TPSA) is 89.9 Å². The van der Waals surface area contributed by atoms with Crippen LogP contribution >= 0.6 is 0 Å². The summed E-state index contributed by atoms with van der Waals surface area (Å²) < 4.78 is 0. The van der Waals surface area contributed by atoms with E-state index in [0.29, 0.717) is 13.0 Å². The van der Waals surface area contributed by atoms with Crippen molar-refractivity contribution in [2.45, 2.75) is 37.8 Å². The van der Waals surface area contributed by atoms with Gasteiger partial charge in [0.05, 0.1) is 24.7 Å². The number of nitrogens with one attached hydrogen (secondary N) is 1. The van der Waals surface area contributed by atoms with Gasteiger partial charge < -0.3 is 20.4 Å². The lowest BCUT2D eigenvalue weighted by molar-refractivity contribution is -0.137. The number of likely N-dealkylation sites (tertiary alicyclic amines) is 1. The van der Waals surface area contributed by atoms with Crippen LogP contribution in [0.25, 0.3) is 0 Å². The molecule has 1 fully saturated rings. The summed E-state index contributed by atoms with van der Waals surface area (Å²) in [5, 5.41) is 22.3. The lowest BCUT2D eigenvalue weighted by Gasteiger charge is -2.25. The maximum atomic E-state index is 12.5. The third-order valence-corrected chi connectivity index (χ3v) is 4.81. The zero-order valence-electron chi connectivity index (χ0n) is 15.0. The molecule has 0 bridgehead atoms. The van der Waals surface area contributed by atoms with Crippen molar-refractivity contribution in [2.24, 2.45) is 5.92 Å². The molecule has 1 saturated heterocycles. The Labute approximate surface area is 154 Å². The van der Waals surface area contributed by atoms with Crippen LogP contribution in [0.3, 0.4) is 0 Å². The Kier molecular flexibility index (Phi) is 7.81. The van der Waals surface area contributed by atoms with E-state index in [2.05, 4.69) is 11.9 Å². The largest absolute Gasteiger partial charge is 0.394 e. The molecule has 2 amide bonds. The van der Waals surface area contributed by atoms with Gasteiger partial charge in [-0.25, -0.2) is 0 Å². The Morgan fingerprint density at radius 2 is 2.08 bits per heavy atom. The van der Waals surface area contributed by atoms with Gasteiger partial charge in [0.15, 0.2) is 0 Å².